The molecule has 2 bridgehead atoms. The minimum absolute atomic E-state index is 0.0137. The number of amides is 3. The van der Waals surface area contributed by atoms with Crippen molar-refractivity contribution in [2.45, 2.75) is 57.4 Å². The highest BCUT2D eigenvalue weighted by molar-refractivity contribution is 6.35. The van der Waals surface area contributed by atoms with E-state index >= 15 is 0 Å². The Morgan fingerprint density at radius 3 is 2.51 bits per heavy atom. The van der Waals surface area contributed by atoms with Crippen LogP contribution in [0.15, 0.2) is 23.0 Å². The number of aromatic hydroxyl groups is 1. The summed E-state index contributed by atoms with van der Waals surface area (Å²) in [5, 5.41) is 15.6. The number of halogens is 4. The molecule has 10 nitrogen and oxygen atoms in total. The van der Waals surface area contributed by atoms with Gasteiger partial charge in [0.15, 0.2) is 5.69 Å². The molecule has 39 heavy (non-hydrogen) atoms. The Morgan fingerprint density at radius 1 is 1.23 bits per heavy atom. The predicted molar refractivity (Wildman–Crippen MR) is 128 cm³/mol. The lowest BCUT2D eigenvalue weighted by atomic mass is 9.77. The monoisotopic (exact) mass is 553 g/mol. The highest BCUT2D eigenvalue weighted by Crippen LogP contribution is 2.43. The average molecular weight is 554 g/mol. The number of fused-ring (bicyclic) bond motifs is 2. The van der Waals surface area contributed by atoms with E-state index in [4.69, 9.17) is 0 Å². The summed E-state index contributed by atoms with van der Waals surface area (Å²) in [6.07, 6.45) is -3.28. The molecule has 3 heterocycles. The van der Waals surface area contributed by atoms with Crippen molar-refractivity contribution in [2.24, 2.45) is 5.92 Å². The average Bonchev–Trinajstić information content (AvgIpc) is 3.11. The zero-order valence-corrected chi connectivity index (χ0v) is 21.2. The van der Waals surface area contributed by atoms with Gasteiger partial charge in [-0.1, -0.05) is 12.1 Å². The largest absolute Gasteiger partial charge is 0.501 e. The molecule has 2 aliphatic heterocycles. The zero-order valence-electron chi connectivity index (χ0n) is 21.2. The van der Waals surface area contributed by atoms with Crippen LogP contribution in [0.5, 0.6) is 5.75 Å². The Balaban J connectivity index is 1.65. The molecule has 1 fully saturated rings. The summed E-state index contributed by atoms with van der Waals surface area (Å²) in [5.41, 5.74) is -2.04. The first-order valence-corrected chi connectivity index (χ1v) is 12.2. The van der Waals surface area contributed by atoms with Crippen LogP contribution in [0, 0.1) is 18.7 Å². The van der Waals surface area contributed by atoms with Crippen molar-refractivity contribution in [3.05, 3.63) is 57.0 Å². The Hall–Kier alpha value is -3.97. The van der Waals surface area contributed by atoms with Gasteiger partial charge >= 0.3 is 18.0 Å². The van der Waals surface area contributed by atoms with Crippen molar-refractivity contribution in [3.63, 3.8) is 0 Å². The van der Waals surface area contributed by atoms with E-state index in [1.165, 1.54) is 18.2 Å². The topological polar surface area (TPSA) is 134 Å². The summed E-state index contributed by atoms with van der Waals surface area (Å²) in [6, 6.07) is 4.21. The first-order chi connectivity index (χ1) is 18.2. The van der Waals surface area contributed by atoms with Gasteiger partial charge in [-0.15, -0.1) is 0 Å². The van der Waals surface area contributed by atoms with E-state index in [1.54, 1.807) is 6.92 Å². The van der Waals surface area contributed by atoms with E-state index in [-0.39, 0.29) is 42.6 Å². The molecule has 5 rings (SSSR count). The van der Waals surface area contributed by atoms with Crippen molar-refractivity contribution in [1.29, 1.82) is 0 Å². The van der Waals surface area contributed by atoms with Crippen molar-refractivity contribution in [1.82, 2.24) is 25.1 Å². The molecule has 0 spiro atoms. The van der Waals surface area contributed by atoms with E-state index in [2.05, 4.69) is 15.6 Å². The van der Waals surface area contributed by atoms with Gasteiger partial charge in [0.05, 0.1) is 5.54 Å². The molecular weight excluding hydrogens is 526 g/mol. The second-order valence-corrected chi connectivity index (χ2v) is 10.1. The Morgan fingerprint density at radius 2 is 1.90 bits per heavy atom. The van der Waals surface area contributed by atoms with Crippen molar-refractivity contribution in [2.75, 3.05) is 13.6 Å². The molecule has 3 N–H and O–H groups in total. The van der Waals surface area contributed by atoms with E-state index in [0.717, 1.165) is 11.6 Å². The molecule has 1 aromatic carbocycles. The van der Waals surface area contributed by atoms with Gasteiger partial charge in [0.25, 0.3) is 11.5 Å². The van der Waals surface area contributed by atoms with Crippen LogP contribution in [0.4, 0.5) is 17.6 Å². The quantitative estimate of drug-likeness (QED) is 0.383. The van der Waals surface area contributed by atoms with Gasteiger partial charge < -0.3 is 20.6 Å². The lowest BCUT2D eigenvalue weighted by Crippen LogP contribution is -2.54. The number of alkyl halides is 3. The molecule has 1 aromatic heterocycles. The molecule has 14 heteroatoms. The van der Waals surface area contributed by atoms with Crippen molar-refractivity contribution in [3.8, 4) is 5.75 Å². The molecule has 1 saturated carbocycles. The number of benzene rings is 1. The standard InChI is InChI=1S/C25H27F4N5O5/c1-13-9-15(3-4-16(13)26)10-30-19(36)17-18(35)21(38)34-11-14-5-7-24(8-6-14,23(34)31-17)32-20(37)22(39)33(2)12-25(27,28)29/h3-4,9,14,35H,5-8,10-12H2,1-2H3,(H,30,36)(H,32,37). The summed E-state index contributed by atoms with van der Waals surface area (Å²) >= 11 is 0. The van der Waals surface area contributed by atoms with E-state index in [9.17, 15) is 41.8 Å². The fourth-order valence-corrected chi connectivity index (χ4v) is 5.12. The number of hydrogen-bond acceptors (Lipinski definition) is 6. The number of likely N-dealkylation sites (N-methyl/N-ethyl adjacent to an activating group) is 1. The van der Waals surface area contributed by atoms with Crippen LogP contribution in [-0.4, -0.2) is 57.0 Å². The normalized spacial score (nSPS) is 20.1. The molecule has 3 aliphatic rings. The van der Waals surface area contributed by atoms with Gasteiger partial charge in [0.2, 0.25) is 5.75 Å². The summed E-state index contributed by atoms with van der Waals surface area (Å²) in [7, 11) is 0.844. The van der Waals surface area contributed by atoms with Crippen LogP contribution in [0.25, 0.3) is 0 Å². The number of carbonyl (C=O) groups excluding carboxylic acids is 3. The predicted octanol–water partition coefficient (Wildman–Crippen LogP) is 1.86. The van der Waals surface area contributed by atoms with Crippen molar-refractivity contribution >= 4 is 17.7 Å². The zero-order chi connectivity index (χ0) is 28.7. The number of aryl methyl sites for hydroxylation is 1. The van der Waals surface area contributed by atoms with Gasteiger partial charge in [0, 0.05) is 20.1 Å². The Kier molecular flexibility index (Phi) is 7.41. The fraction of sp³-hybridized carbons (Fsp3) is 0.480. The molecule has 3 amide bonds. The number of hydrogen-bond donors (Lipinski definition) is 3. The molecule has 210 valence electrons. The molecule has 2 aromatic rings. The lowest BCUT2D eigenvalue weighted by Gasteiger charge is -2.37. The Bertz CT molecular complexity index is 1380. The van der Waals surface area contributed by atoms with Gasteiger partial charge in [-0.25, -0.2) is 9.37 Å². The van der Waals surface area contributed by atoms with Crippen molar-refractivity contribution < 1.29 is 37.1 Å². The van der Waals surface area contributed by atoms with Crippen LogP contribution >= 0.6 is 0 Å². The summed E-state index contributed by atoms with van der Waals surface area (Å²) < 4.78 is 52.9. The summed E-state index contributed by atoms with van der Waals surface area (Å²) in [5.74, 6) is -5.05. The van der Waals surface area contributed by atoms with E-state index in [0.29, 0.717) is 24.0 Å². The van der Waals surface area contributed by atoms with Crippen LogP contribution in [0.1, 0.15) is 53.1 Å². The second-order valence-electron chi connectivity index (χ2n) is 10.1. The molecule has 0 atom stereocenters. The highest BCUT2D eigenvalue weighted by atomic mass is 19.4. The van der Waals surface area contributed by atoms with Crippen LogP contribution in [0.2, 0.25) is 0 Å². The minimum atomic E-state index is -4.71. The van der Waals surface area contributed by atoms with Gasteiger partial charge in [-0.3, -0.25) is 23.7 Å². The first-order valence-electron chi connectivity index (χ1n) is 12.2. The van der Waals surface area contributed by atoms with Gasteiger partial charge in [-0.2, -0.15) is 13.2 Å². The second kappa shape index (κ2) is 10.3. The highest BCUT2D eigenvalue weighted by Gasteiger charge is 2.47. The summed E-state index contributed by atoms with van der Waals surface area (Å²) in [4.78, 5) is 55.8. The lowest BCUT2D eigenvalue weighted by molar-refractivity contribution is -0.163. The third kappa shape index (κ3) is 5.73. The SMILES string of the molecule is Cc1cc(CNC(=O)c2nc3n(c(=O)c2O)CC2CCC3(NC(=O)C(=O)N(C)CC(F)(F)F)CC2)ccc1F. The molecule has 0 unspecified atom stereocenters. The number of rotatable bonds is 5. The third-order valence-electron chi connectivity index (χ3n) is 7.17. The smallest absolute Gasteiger partial charge is 0.406 e. The van der Waals surface area contributed by atoms with Gasteiger partial charge in [0.1, 0.15) is 18.2 Å². The summed E-state index contributed by atoms with van der Waals surface area (Å²) in [6.45, 7) is -0.00142. The van der Waals surface area contributed by atoms with E-state index in [1.807, 2.05) is 0 Å². The van der Waals surface area contributed by atoms with Gasteiger partial charge in [-0.05, 0) is 55.7 Å². The molecule has 0 radical (unpaired) electrons. The van der Waals surface area contributed by atoms with Crippen LogP contribution in [0.3, 0.4) is 0 Å². The number of aromatic nitrogens is 2. The third-order valence-corrected chi connectivity index (χ3v) is 7.17. The molecular formula is C25H27F4N5O5. The maximum atomic E-state index is 13.5. The maximum absolute atomic E-state index is 13.5. The minimum Gasteiger partial charge on any atom is -0.501 e. The van der Waals surface area contributed by atoms with Crippen LogP contribution < -0.4 is 16.2 Å². The Labute approximate surface area is 220 Å². The number of carbonyl (C=O) groups is 3. The number of nitrogens with zero attached hydrogens (tertiary/aromatic N) is 3. The van der Waals surface area contributed by atoms with Crippen LogP contribution in [-0.2, 0) is 28.2 Å². The maximum Gasteiger partial charge on any atom is 0.406 e. The molecule has 1 aliphatic carbocycles. The first kappa shape index (κ1) is 28.0. The fourth-order valence-electron chi connectivity index (χ4n) is 5.12. The molecule has 0 saturated heterocycles. The number of nitrogens with one attached hydrogen (secondary N) is 2. The van der Waals surface area contributed by atoms with E-state index < -0.39 is 58.8 Å².